The van der Waals surface area contributed by atoms with E-state index in [0.717, 1.165) is 11.1 Å². The lowest BCUT2D eigenvalue weighted by Gasteiger charge is -2.14. The third-order valence-electron chi connectivity index (χ3n) is 3.50. The molecule has 1 atom stereocenters. The van der Waals surface area contributed by atoms with Crippen LogP contribution in [-0.4, -0.2) is 30.4 Å². The first kappa shape index (κ1) is 17.8. The molecule has 24 heavy (non-hydrogen) atoms. The van der Waals surface area contributed by atoms with Crippen LogP contribution < -0.4 is 15.4 Å². The molecule has 0 radical (unpaired) electrons. The molecule has 0 aliphatic rings. The normalized spacial score (nSPS) is 11.6. The fraction of sp³-hybridized carbons (Fsp3) is 0.316. The van der Waals surface area contributed by atoms with E-state index >= 15 is 0 Å². The monoisotopic (exact) mass is 328 g/mol. The predicted molar refractivity (Wildman–Crippen MR) is 94.1 cm³/mol. The number of hydrogen-bond donors (Lipinski definition) is 3. The lowest BCUT2D eigenvalue weighted by molar-refractivity contribution is 0.108. The molecule has 0 saturated heterocycles. The first-order chi connectivity index (χ1) is 11.5. The lowest BCUT2D eigenvalue weighted by Crippen LogP contribution is -2.41. The Morgan fingerprint density at radius 3 is 2.54 bits per heavy atom. The molecule has 5 nitrogen and oxygen atoms in total. The van der Waals surface area contributed by atoms with Crippen LogP contribution in [0.4, 0.5) is 4.79 Å². The molecule has 2 amide bonds. The van der Waals surface area contributed by atoms with Gasteiger partial charge in [0.15, 0.2) is 0 Å². The van der Waals surface area contributed by atoms with Crippen LogP contribution in [0.1, 0.15) is 16.7 Å². The topological polar surface area (TPSA) is 70.6 Å². The van der Waals surface area contributed by atoms with Crippen LogP contribution in [-0.2, 0) is 6.54 Å². The average Bonchev–Trinajstić information content (AvgIpc) is 2.57. The van der Waals surface area contributed by atoms with Crippen molar-refractivity contribution in [2.24, 2.45) is 0 Å². The molecule has 2 aromatic carbocycles. The molecule has 0 bridgehead atoms. The number of aryl methyl sites for hydroxylation is 2. The van der Waals surface area contributed by atoms with Gasteiger partial charge in [0.1, 0.15) is 18.5 Å². The largest absolute Gasteiger partial charge is 0.491 e. The van der Waals surface area contributed by atoms with Crippen LogP contribution in [0.15, 0.2) is 48.5 Å². The maximum absolute atomic E-state index is 11.7. The van der Waals surface area contributed by atoms with Gasteiger partial charge in [-0.15, -0.1) is 0 Å². The third kappa shape index (κ3) is 6.30. The summed E-state index contributed by atoms with van der Waals surface area (Å²) in [5.41, 5.74) is 3.30. The van der Waals surface area contributed by atoms with Crippen molar-refractivity contribution in [2.45, 2.75) is 26.5 Å². The number of carbonyl (C=O) groups is 1. The Hall–Kier alpha value is -2.53. The number of carbonyl (C=O) groups excluding carboxylic acids is 1. The standard InChI is InChI=1S/C19H24N2O3/c1-14-6-8-16(9-7-14)11-20-19(23)21-12-17(22)13-24-18-5-3-4-15(2)10-18/h3-10,17,22H,11-13H2,1-2H3,(H2,20,21,23). The Labute approximate surface area is 142 Å². The quantitative estimate of drug-likeness (QED) is 0.731. The summed E-state index contributed by atoms with van der Waals surface area (Å²) >= 11 is 0. The molecule has 0 aromatic heterocycles. The summed E-state index contributed by atoms with van der Waals surface area (Å²) in [6, 6.07) is 15.2. The molecule has 0 aliphatic heterocycles. The Balaban J connectivity index is 1.64. The van der Waals surface area contributed by atoms with Crippen LogP contribution in [0.5, 0.6) is 5.75 Å². The minimum absolute atomic E-state index is 0.127. The Bertz CT molecular complexity index is 656. The number of urea groups is 1. The second kappa shape index (κ2) is 8.93. The van der Waals surface area contributed by atoms with E-state index in [1.54, 1.807) is 0 Å². The van der Waals surface area contributed by atoms with Crippen molar-refractivity contribution in [1.82, 2.24) is 10.6 Å². The lowest BCUT2D eigenvalue weighted by atomic mass is 10.1. The van der Waals surface area contributed by atoms with E-state index in [0.29, 0.717) is 12.3 Å². The van der Waals surface area contributed by atoms with Crippen LogP contribution in [0.2, 0.25) is 0 Å². The summed E-state index contributed by atoms with van der Waals surface area (Å²) in [5, 5.41) is 15.3. The molecule has 0 spiro atoms. The third-order valence-corrected chi connectivity index (χ3v) is 3.50. The maximum Gasteiger partial charge on any atom is 0.315 e. The summed E-state index contributed by atoms with van der Waals surface area (Å²) in [6.45, 7) is 4.70. The van der Waals surface area contributed by atoms with Crippen LogP contribution in [0.25, 0.3) is 0 Å². The van der Waals surface area contributed by atoms with Gasteiger partial charge in [0, 0.05) is 13.1 Å². The van der Waals surface area contributed by atoms with Crippen LogP contribution in [0.3, 0.4) is 0 Å². The molecule has 0 aliphatic carbocycles. The fourth-order valence-electron chi connectivity index (χ4n) is 2.12. The summed E-state index contributed by atoms with van der Waals surface area (Å²) in [4.78, 5) is 11.7. The number of aliphatic hydroxyl groups excluding tert-OH is 1. The summed E-state index contributed by atoms with van der Waals surface area (Å²) in [7, 11) is 0. The van der Waals surface area contributed by atoms with Gasteiger partial charge in [-0.2, -0.15) is 0 Å². The van der Waals surface area contributed by atoms with Crippen molar-refractivity contribution in [2.75, 3.05) is 13.2 Å². The second-order valence-corrected chi connectivity index (χ2v) is 5.83. The maximum atomic E-state index is 11.7. The Morgan fingerprint density at radius 2 is 1.83 bits per heavy atom. The van der Waals surface area contributed by atoms with Crippen LogP contribution >= 0.6 is 0 Å². The van der Waals surface area contributed by atoms with E-state index in [-0.39, 0.29) is 19.2 Å². The molecule has 0 saturated carbocycles. The highest BCUT2D eigenvalue weighted by molar-refractivity contribution is 5.73. The smallest absolute Gasteiger partial charge is 0.315 e. The second-order valence-electron chi connectivity index (χ2n) is 5.83. The highest BCUT2D eigenvalue weighted by atomic mass is 16.5. The number of nitrogens with one attached hydrogen (secondary N) is 2. The van der Waals surface area contributed by atoms with Gasteiger partial charge >= 0.3 is 6.03 Å². The van der Waals surface area contributed by atoms with Gasteiger partial charge in [-0.25, -0.2) is 4.79 Å². The molecule has 1 unspecified atom stereocenters. The molecule has 3 N–H and O–H groups in total. The van der Waals surface area contributed by atoms with Crippen molar-refractivity contribution in [3.63, 3.8) is 0 Å². The highest BCUT2D eigenvalue weighted by Gasteiger charge is 2.08. The zero-order valence-electron chi connectivity index (χ0n) is 14.1. The van der Waals surface area contributed by atoms with Crippen LogP contribution in [0, 0.1) is 13.8 Å². The number of aliphatic hydroxyl groups is 1. The molecule has 0 fully saturated rings. The first-order valence-corrected chi connectivity index (χ1v) is 7.98. The van der Waals surface area contributed by atoms with E-state index in [2.05, 4.69) is 10.6 Å². The number of hydrogen-bond acceptors (Lipinski definition) is 3. The van der Waals surface area contributed by atoms with Crippen molar-refractivity contribution >= 4 is 6.03 Å². The molecular formula is C19H24N2O3. The van der Waals surface area contributed by atoms with Gasteiger partial charge < -0.3 is 20.5 Å². The van der Waals surface area contributed by atoms with Gasteiger partial charge in [0.05, 0.1) is 0 Å². The fourth-order valence-corrected chi connectivity index (χ4v) is 2.12. The van der Waals surface area contributed by atoms with Gasteiger partial charge in [0.25, 0.3) is 0 Å². The Kier molecular flexibility index (Phi) is 6.63. The molecule has 0 heterocycles. The van der Waals surface area contributed by atoms with E-state index in [1.165, 1.54) is 5.56 Å². The van der Waals surface area contributed by atoms with Crippen molar-refractivity contribution in [1.29, 1.82) is 0 Å². The zero-order valence-corrected chi connectivity index (χ0v) is 14.1. The van der Waals surface area contributed by atoms with E-state index in [9.17, 15) is 9.90 Å². The van der Waals surface area contributed by atoms with Gasteiger partial charge in [-0.1, -0.05) is 42.0 Å². The number of rotatable bonds is 7. The SMILES string of the molecule is Cc1ccc(CNC(=O)NCC(O)COc2cccc(C)c2)cc1. The van der Waals surface area contributed by atoms with Crippen molar-refractivity contribution in [3.8, 4) is 5.75 Å². The van der Waals surface area contributed by atoms with Gasteiger partial charge in [0.2, 0.25) is 0 Å². The van der Waals surface area contributed by atoms with Gasteiger partial charge in [-0.05, 0) is 37.1 Å². The average molecular weight is 328 g/mol. The summed E-state index contributed by atoms with van der Waals surface area (Å²) in [6.07, 6.45) is -0.768. The molecular weight excluding hydrogens is 304 g/mol. The van der Waals surface area contributed by atoms with Crippen molar-refractivity contribution < 1.29 is 14.6 Å². The van der Waals surface area contributed by atoms with E-state index in [1.807, 2.05) is 62.4 Å². The number of amides is 2. The molecule has 2 aromatic rings. The number of benzene rings is 2. The summed E-state index contributed by atoms with van der Waals surface area (Å²) in [5.74, 6) is 0.706. The van der Waals surface area contributed by atoms with Gasteiger partial charge in [-0.3, -0.25) is 0 Å². The molecule has 2 rings (SSSR count). The molecule has 128 valence electrons. The summed E-state index contributed by atoms with van der Waals surface area (Å²) < 4.78 is 5.50. The Morgan fingerprint density at radius 1 is 1.08 bits per heavy atom. The molecule has 5 heteroatoms. The van der Waals surface area contributed by atoms with E-state index in [4.69, 9.17) is 4.74 Å². The number of ether oxygens (including phenoxy) is 1. The van der Waals surface area contributed by atoms with E-state index < -0.39 is 6.10 Å². The predicted octanol–water partition coefficient (Wildman–Crippen LogP) is 2.54. The highest BCUT2D eigenvalue weighted by Crippen LogP contribution is 2.12. The minimum Gasteiger partial charge on any atom is -0.491 e. The van der Waals surface area contributed by atoms with Crippen molar-refractivity contribution in [3.05, 3.63) is 65.2 Å². The first-order valence-electron chi connectivity index (χ1n) is 7.98. The minimum atomic E-state index is -0.768. The zero-order chi connectivity index (χ0) is 17.4.